The van der Waals surface area contributed by atoms with Gasteiger partial charge in [-0.25, -0.2) is 5.21 Å². The lowest BCUT2D eigenvalue weighted by Crippen LogP contribution is -2.50. The first kappa shape index (κ1) is 16.1. The molecule has 3 unspecified atom stereocenters. The summed E-state index contributed by atoms with van der Waals surface area (Å²) >= 11 is 6.34. The Hall–Kier alpha value is -1.13. The van der Waals surface area contributed by atoms with Gasteiger partial charge in [-0.3, -0.25) is 0 Å². The standard InChI is InChI=1S/C21H26ClN2O/c1-2-24(25)11-3-4-14-5-6-15-12-16(22)7-8-17(15)21(20(14)24)18-9-10-23-13-19(18)21/h3-4,7-8,12,18-19,23,25H,2,5-6,9-11,13H2,1H3/q+1/t18?,19?,21-,24?/m0/s1. The number of quaternary nitrogens is 1. The van der Waals surface area contributed by atoms with Gasteiger partial charge in [0.1, 0.15) is 13.1 Å². The second-order valence-electron chi connectivity index (χ2n) is 8.07. The SMILES string of the molecule is CC[N+]1(O)CC=CC2=C1[C@@]1(c3ccc(Cl)cc3CC2)C2CCNCC21. The molecule has 0 amide bonds. The molecule has 4 aliphatic rings. The van der Waals surface area contributed by atoms with E-state index in [0.29, 0.717) is 18.4 Å². The number of hydroxylamine groups is 3. The zero-order chi connectivity index (χ0) is 17.2. The van der Waals surface area contributed by atoms with Crippen molar-refractivity contribution in [1.29, 1.82) is 0 Å². The van der Waals surface area contributed by atoms with Crippen LogP contribution in [-0.2, 0) is 11.8 Å². The summed E-state index contributed by atoms with van der Waals surface area (Å²) in [6, 6.07) is 6.46. The number of aryl methyl sites for hydroxylation is 1. The highest BCUT2D eigenvalue weighted by Gasteiger charge is 2.73. The van der Waals surface area contributed by atoms with Crippen molar-refractivity contribution in [1.82, 2.24) is 5.32 Å². The molecule has 3 nitrogen and oxygen atoms in total. The van der Waals surface area contributed by atoms with Gasteiger partial charge < -0.3 is 5.32 Å². The molecule has 4 atom stereocenters. The Labute approximate surface area is 154 Å². The molecule has 2 N–H and O–H groups in total. The number of halogens is 1. The van der Waals surface area contributed by atoms with Gasteiger partial charge in [0.05, 0.1) is 5.41 Å². The minimum Gasteiger partial charge on any atom is -0.316 e. The van der Waals surface area contributed by atoms with Crippen LogP contribution in [0.4, 0.5) is 0 Å². The second kappa shape index (κ2) is 5.43. The Kier molecular flexibility index (Phi) is 3.49. The molecule has 2 aliphatic heterocycles. The van der Waals surface area contributed by atoms with Crippen LogP contribution in [0.1, 0.15) is 30.9 Å². The highest BCUT2D eigenvalue weighted by atomic mass is 35.5. The van der Waals surface area contributed by atoms with Crippen molar-refractivity contribution in [3.05, 3.63) is 57.8 Å². The molecular weight excluding hydrogens is 332 g/mol. The van der Waals surface area contributed by atoms with Crippen molar-refractivity contribution in [2.75, 3.05) is 26.2 Å². The smallest absolute Gasteiger partial charge is 0.156 e. The first-order valence-electron chi connectivity index (χ1n) is 9.61. The molecular formula is C21H26ClN2O+. The minimum atomic E-state index is -0.00915. The molecule has 2 heterocycles. The second-order valence-corrected chi connectivity index (χ2v) is 8.51. The van der Waals surface area contributed by atoms with Crippen molar-refractivity contribution in [3.8, 4) is 0 Å². The van der Waals surface area contributed by atoms with Crippen molar-refractivity contribution >= 4 is 11.6 Å². The van der Waals surface area contributed by atoms with Crippen LogP contribution in [0.15, 0.2) is 41.6 Å². The minimum absolute atomic E-state index is 0.00915. The van der Waals surface area contributed by atoms with E-state index in [1.54, 1.807) is 0 Å². The molecule has 1 saturated heterocycles. The van der Waals surface area contributed by atoms with Gasteiger partial charge in [0.2, 0.25) is 0 Å². The number of hydrogen-bond acceptors (Lipinski definition) is 2. The molecule has 25 heavy (non-hydrogen) atoms. The third-order valence-electron chi connectivity index (χ3n) is 7.08. The molecule has 1 aromatic rings. The third kappa shape index (κ3) is 2.04. The van der Waals surface area contributed by atoms with Gasteiger partial charge in [-0.1, -0.05) is 23.7 Å². The number of allylic oxidation sites excluding steroid dienone is 3. The fraction of sp³-hybridized carbons (Fsp3) is 0.524. The summed E-state index contributed by atoms with van der Waals surface area (Å²) < 4.78 is 0.0842. The summed E-state index contributed by atoms with van der Waals surface area (Å²) in [5, 5.41) is 16.0. The number of benzene rings is 1. The van der Waals surface area contributed by atoms with Crippen LogP contribution in [0.5, 0.6) is 0 Å². The topological polar surface area (TPSA) is 32.3 Å². The van der Waals surface area contributed by atoms with Crippen LogP contribution in [0, 0.1) is 11.8 Å². The van der Waals surface area contributed by atoms with E-state index in [0.717, 1.165) is 37.5 Å². The van der Waals surface area contributed by atoms with E-state index >= 15 is 0 Å². The molecule has 0 aromatic heterocycles. The number of hydrogen-bond donors (Lipinski definition) is 2. The van der Waals surface area contributed by atoms with Gasteiger partial charge in [0.25, 0.3) is 0 Å². The van der Waals surface area contributed by atoms with Crippen LogP contribution in [-0.4, -0.2) is 36.0 Å². The molecule has 1 saturated carbocycles. The number of rotatable bonds is 1. The molecule has 4 heteroatoms. The number of fused-ring (bicyclic) bond motifs is 6. The predicted molar refractivity (Wildman–Crippen MR) is 99.5 cm³/mol. The van der Waals surface area contributed by atoms with Crippen LogP contribution in [0.25, 0.3) is 0 Å². The lowest BCUT2D eigenvalue weighted by molar-refractivity contribution is -1.07. The number of piperidine rings is 1. The van der Waals surface area contributed by atoms with Gasteiger partial charge >= 0.3 is 0 Å². The maximum Gasteiger partial charge on any atom is 0.156 e. The zero-order valence-corrected chi connectivity index (χ0v) is 15.5. The molecule has 1 aromatic carbocycles. The molecule has 1 spiro atoms. The Morgan fingerprint density at radius 1 is 1.32 bits per heavy atom. The van der Waals surface area contributed by atoms with E-state index in [1.165, 1.54) is 28.8 Å². The Morgan fingerprint density at radius 2 is 2.20 bits per heavy atom. The largest absolute Gasteiger partial charge is 0.316 e. The molecule has 0 bridgehead atoms. The van der Waals surface area contributed by atoms with Crippen LogP contribution < -0.4 is 5.32 Å². The number of likely N-dealkylation sites (N-methyl/N-ethyl adjacent to an activating group) is 1. The first-order chi connectivity index (χ1) is 12.1. The normalized spacial score (nSPS) is 38.8. The summed E-state index contributed by atoms with van der Waals surface area (Å²) in [4.78, 5) is 0. The maximum atomic E-state index is 11.6. The van der Waals surface area contributed by atoms with E-state index in [1.807, 2.05) is 6.07 Å². The van der Waals surface area contributed by atoms with Crippen LogP contribution in [0.3, 0.4) is 0 Å². The van der Waals surface area contributed by atoms with Crippen molar-refractivity contribution < 1.29 is 9.85 Å². The highest BCUT2D eigenvalue weighted by molar-refractivity contribution is 6.30. The number of nitrogens with zero attached hydrogens (tertiary/aromatic N) is 1. The van der Waals surface area contributed by atoms with E-state index in [2.05, 4.69) is 36.5 Å². The molecule has 5 rings (SSSR count). The summed E-state index contributed by atoms with van der Waals surface area (Å²) in [5.74, 6) is 1.23. The Bertz CT molecular complexity index is 787. The van der Waals surface area contributed by atoms with Crippen molar-refractivity contribution in [2.24, 2.45) is 11.8 Å². The Morgan fingerprint density at radius 3 is 2.96 bits per heavy atom. The van der Waals surface area contributed by atoms with E-state index < -0.39 is 0 Å². The summed E-state index contributed by atoms with van der Waals surface area (Å²) in [5.41, 5.74) is 5.45. The zero-order valence-electron chi connectivity index (χ0n) is 14.8. The van der Waals surface area contributed by atoms with Gasteiger partial charge in [0.15, 0.2) is 5.70 Å². The van der Waals surface area contributed by atoms with Gasteiger partial charge in [0, 0.05) is 10.6 Å². The van der Waals surface area contributed by atoms with E-state index in [-0.39, 0.29) is 10.1 Å². The fourth-order valence-corrected chi connectivity index (χ4v) is 6.21. The fourth-order valence-electron chi connectivity index (χ4n) is 6.01. The van der Waals surface area contributed by atoms with Gasteiger partial charge in [-0.05, 0) is 80.4 Å². The monoisotopic (exact) mass is 357 g/mol. The van der Waals surface area contributed by atoms with Crippen molar-refractivity contribution in [3.63, 3.8) is 0 Å². The first-order valence-corrected chi connectivity index (χ1v) is 9.99. The average molecular weight is 358 g/mol. The van der Waals surface area contributed by atoms with Crippen LogP contribution >= 0.6 is 11.6 Å². The third-order valence-corrected chi connectivity index (χ3v) is 7.32. The summed E-state index contributed by atoms with van der Waals surface area (Å²) in [6.07, 6.45) is 7.64. The highest BCUT2D eigenvalue weighted by Crippen LogP contribution is 2.70. The quantitative estimate of drug-likeness (QED) is 0.749. The van der Waals surface area contributed by atoms with Crippen LogP contribution in [0.2, 0.25) is 5.02 Å². The summed E-state index contributed by atoms with van der Waals surface area (Å²) in [6.45, 7) is 5.65. The number of nitrogens with one attached hydrogen (secondary N) is 1. The van der Waals surface area contributed by atoms with E-state index in [9.17, 15) is 5.21 Å². The Balaban J connectivity index is 1.79. The molecule has 132 valence electrons. The summed E-state index contributed by atoms with van der Waals surface area (Å²) in [7, 11) is 0. The van der Waals surface area contributed by atoms with E-state index in [4.69, 9.17) is 11.6 Å². The molecule has 2 fully saturated rings. The van der Waals surface area contributed by atoms with Gasteiger partial charge in [-0.15, -0.1) is 4.65 Å². The van der Waals surface area contributed by atoms with Crippen molar-refractivity contribution in [2.45, 2.75) is 31.6 Å². The lowest BCUT2D eigenvalue weighted by Gasteiger charge is -2.38. The lowest BCUT2D eigenvalue weighted by atomic mass is 9.82. The predicted octanol–water partition coefficient (Wildman–Crippen LogP) is 3.81. The maximum absolute atomic E-state index is 11.6. The van der Waals surface area contributed by atoms with Gasteiger partial charge in [-0.2, -0.15) is 0 Å². The average Bonchev–Trinajstić information content (AvgIpc) is 3.32. The molecule has 0 radical (unpaired) electrons. The molecule has 2 aliphatic carbocycles.